The van der Waals surface area contributed by atoms with Crippen molar-refractivity contribution in [2.24, 2.45) is 4.99 Å². The first kappa shape index (κ1) is 23.4. The molecular formula is C22H33IN6S. The topological polar surface area (TPSA) is 67.1 Å². The van der Waals surface area contributed by atoms with Gasteiger partial charge in [-0.2, -0.15) is 5.10 Å². The van der Waals surface area contributed by atoms with Gasteiger partial charge in [0.2, 0.25) is 0 Å². The van der Waals surface area contributed by atoms with E-state index in [-0.39, 0.29) is 28.7 Å². The van der Waals surface area contributed by atoms with Crippen LogP contribution in [0.15, 0.2) is 40.2 Å². The van der Waals surface area contributed by atoms with E-state index in [4.69, 9.17) is 0 Å². The Morgan fingerprint density at radius 3 is 2.73 bits per heavy atom. The van der Waals surface area contributed by atoms with E-state index < -0.39 is 0 Å². The molecule has 1 fully saturated rings. The zero-order valence-electron chi connectivity index (χ0n) is 17.9. The van der Waals surface area contributed by atoms with Crippen LogP contribution in [0.1, 0.15) is 50.7 Å². The van der Waals surface area contributed by atoms with Crippen LogP contribution in [0.3, 0.4) is 0 Å². The molecule has 1 aromatic carbocycles. The van der Waals surface area contributed by atoms with Crippen LogP contribution in [-0.2, 0) is 19.4 Å². The Labute approximate surface area is 201 Å². The number of thioether (sulfide) groups is 1. The Morgan fingerprint density at radius 2 is 2.03 bits per heavy atom. The largest absolute Gasteiger partial charge is 0.355 e. The number of halogens is 1. The predicted octanol–water partition coefficient (Wildman–Crippen LogP) is 4.04. The molecule has 0 amide bonds. The molecule has 2 heterocycles. The Bertz CT molecular complexity index is 831. The lowest BCUT2D eigenvalue weighted by Gasteiger charge is -2.31. The van der Waals surface area contributed by atoms with Crippen molar-refractivity contribution in [1.29, 1.82) is 0 Å². The summed E-state index contributed by atoms with van der Waals surface area (Å²) in [5.74, 6) is 2.96. The maximum absolute atomic E-state index is 4.62. The maximum Gasteiger partial charge on any atom is 0.191 e. The fraction of sp³-hybridized carbons (Fsp3) is 0.591. The van der Waals surface area contributed by atoms with E-state index in [1.807, 2.05) is 18.8 Å². The van der Waals surface area contributed by atoms with E-state index >= 15 is 0 Å². The lowest BCUT2D eigenvalue weighted by molar-refractivity contribution is 0.391. The number of hydrogen-bond acceptors (Lipinski definition) is 4. The monoisotopic (exact) mass is 540 g/mol. The smallest absolute Gasteiger partial charge is 0.191 e. The molecule has 2 aromatic rings. The highest BCUT2D eigenvalue weighted by molar-refractivity contribution is 14.0. The van der Waals surface area contributed by atoms with E-state index in [0.29, 0.717) is 6.04 Å². The van der Waals surface area contributed by atoms with Gasteiger partial charge in [-0.15, -0.1) is 35.7 Å². The highest BCUT2D eigenvalue weighted by atomic mass is 127. The van der Waals surface area contributed by atoms with E-state index in [2.05, 4.69) is 67.6 Å². The summed E-state index contributed by atoms with van der Waals surface area (Å²) < 4.78 is 2.32. The van der Waals surface area contributed by atoms with Gasteiger partial charge in [0.15, 0.2) is 11.8 Å². The molecule has 4 rings (SSSR count). The standard InChI is InChI=1S/C22H32N6S.HI/c1-3-19-26-20-12-11-17(15-28(20)27-19)25-21(23-2)24-16-22(13-7-8-14-22)29-18-9-5-4-6-10-18;/h4-6,9-10,17H,3,7-8,11-16H2,1-2H3,(H2,23,24,25);1H. The van der Waals surface area contributed by atoms with Gasteiger partial charge in [-0.1, -0.05) is 38.0 Å². The number of aromatic nitrogens is 3. The molecule has 1 aliphatic carbocycles. The van der Waals surface area contributed by atoms with Gasteiger partial charge >= 0.3 is 0 Å². The van der Waals surface area contributed by atoms with E-state index in [1.54, 1.807) is 0 Å². The van der Waals surface area contributed by atoms with Crippen molar-refractivity contribution in [2.45, 2.75) is 74.1 Å². The molecule has 0 radical (unpaired) electrons. The van der Waals surface area contributed by atoms with Gasteiger partial charge in [0.25, 0.3) is 0 Å². The zero-order valence-corrected chi connectivity index (χ0v) is 21.1. The minimum absolute atomic E-state index is 0. The highest BCUT2D eigenvalue weighted by Gasteiger charge is 2.35. The average Bonchev–Trinajstić information content (AvgIpc) is 3.38. The van der Waals surface area contributed by atoms with E-state index in [1.165, 1.54) is 30.6 Å². The maximum atomic E-state index is 4.62. The zero-order chi connectivity index (χ0) is 20.1. The van der Waals surface area contributed by atoms with Crippen LogP contribution in [0.2, 0.25) is 0 Å². The van der Waals surface area contributed by atoms with Crippen LogP contribution in [0.25, 0.3) is 0 Å². The van der Waals surface area contributed by atoms with Gasteiger partial charge in [-0.25, -0.2) is 9.67 Å². The normalized spacial score (nSPS) is 20.3. The number of benzene rings is 1. The molecule has 1 saturated carbocycles. The second kappa shape index (κ2) is 10.8. The van der Waals surface area contributed by atoms with Gasteiger partial charge < -0.3 is 10.6 Å². The lowest BCUT2D eigenvalue weighted by atomic mass is 10.1. The van der Waals surface area contributed by atoms with Crippen molar-refractivity contribution in [3.05, 3.63) is 42.0 Å². The molecule has 0 saturated heterocycles. The fourth-order valence-electron chi connectivity index (χ4n) is 4.33. The Morgan fingerprint density at radius 1 is 1.27 bits per heavy atom. The summed E-state index contributed by atoms with van der Waals surface area (Å²) in [5.41, 5.74) is 0. The quantitative estimate of drug-likeness (QED) is 0.329. The third kappa shape index (κ3) is 5.69. The fourth-order valence-corrected chi connectivity index (χ4v) is 5.76. The van der Waals surface area contributed by atoms with Crippen molar-refractivity contribution in [2.75, 3.05) is 13.6 Å². The summed E-state index contributed by atoms with van der Waals surface area (Å²) in [7, 11) is 1.86. The molecule has 164 valence electrons. The minimum Gasteiger partial charge on any atom is -0.355 e. The van der Waals surface area contributed by atoms with Crippen molar-refractivity contribution in [3.63, 3.8) is 0 Å². The van der Waals surface area contributed by atoms with Crippen LogP contribution in [-0.4, -0.2) is 45.1 Å². The summed E-state index contributed by atoms with van der Waals surface area (Å²) in [4.78, 5) is 10.5. The van der Waals surface area contributed by atoms with E-state index in [0.717, 1.165) is 50.0 Å². The molecule has 1 aliphatic heterocycles. The third-order valence-corrected chi connectivity index (χ3v) is 7.45. The Hall–Kier alpha value is -1.29. The second-order valence-electron chi connectivity index (χ2n) is 8.09. The highest BCUT2D eigenvalue weighted by Crippen LogP contribution is 2.44. The molecular weight excluding hydrogens is 507 g/mol. The SMILES string of the molecule is CCc1nc2n(n1)CC(NC(=NC)NCC1(Sc3ccccc3)CCCC1)CC2.I. The molecule has 1 unspecified atom stereocenters. The molecule has 8 heteroatoms. The summed E-state index contributed by atoms with van der Waals surface area (Å²) in [6, 6.07) is 11.1. The van der Waals surface area contributed by atoms with Gasteiger partial charge in [0.05, 0.1) is 6.54 Å². The number of nitrogens with zero attached hydrogens (tertiary/aromatic N) is 4. The Kier molecular flexibility index (Phi) is 8.44. The van der Waals surface area contributed by atoms with Crippen LogP contribution in [0, 0.1) is 0 Å². The van der Waals surface area contributed by atoms with Gasteiger partial charge in [0.1, 0.15) is 5.82 Å². The lowest BCUT2D eigenvalue weighted by Crippen LogP contribution is -2.50. The van der Waals surface area contributed by atoms with Gasteiger partial charge in [0, 0.05) is 42.1 Å². The average molecular weight is 541 g/mol. The van der Waals surface area contributed by atoms with Crippen molar-refractivity contribution in [3.8, 4) is 0 Å². The van der Waals surface area contributed by atoms with Crippen LogP contribution < -0.4 is 10.6 Å². The summed E-state index contributed by atoms with van der Waals surface area (Å²) >= 11 is 2.03. The number of fused-ring (bicyclic) bond motifs is 1. The molecule has 0 spiro atoms. The molecule has 6 nitrogen and oxygen atoms in total. The van der Waals surface area contributed by atoms with Crippen molar-refractivity contribution < 1.29 is 0 Å². The summed E-state index contributed by atoms with van der Waals surface area (Å²) in [6.45, 7) is 3.90. The van der Waals surface area contributed by atoms with Gasteiger partial charge in [-0.3, -0.25) is 4.99 Å². The van der Waals surface area contributed by atoms with Crippen molar-refractivity contribution in [1.82, 2.24) is 25.4 Å². The van der Waals surface area contributed by atoms with Crippen LogP contribution in [0.5, 0.6) is 0 Å². The first-order valence-corrected chi connectivity index (χ1v) is 11.7. The number of aliphatic imine (C=N–C) groups is 1. The third-order valence-electron chi connectivity index (χ3n) is 5.95. The van der Waals surface area contributed by atoms with E-state index in [9.17, 15) is 0 Å². The van der Waals surface area contributed by atoms with Crippen molar-refractivity contribution >= 4 is 41.7 Å². The number of guanidine groups is 1. The number of nitrogens with one attached hydrogen (secondary N) is 2. The number of hydrogen-bond donors (Lipinski definition) is 2. The minimum atomic E-state index is 0. The predicted molar refractivity (Wildman–Crippen MR) is 135 cm³/mol. The first-order chi connectivity index (χ1) is 14.2. The van der Waals surface area contributed by atoms with Crippen LogP contribution in [0.4, 0.5) is 0 Å². The molecule has 0 bridgehead atoms. The molecule has 1 aromatic heterocycles. The van der Waals surface area contributed by atoms with Gasteiger partial charge in [-0.05, 0) is 31.4 Å². The molecule has 30 heavy (non-hydrogen) atoms. The second-order valence-corrected chi connectivity index (χ2v) is 9.63. The number of aryl methyl sites for hydroxylation is 2. The molecule has 2 aliphatic rings. The summed E-state index contributed by atoms with van der Waals surface area (Å²) in [6.07, 6.45) is 8.05. The first-order valence-electron chi connectivity index (χ1n) is 10.8. The Balaban J connectivity index is 0.00000256. The number of rotatable bonds is 6. The molecule has 2 N–H and O–H groups in total. The summed E-state index contributed by atoms with van der Waals surface area (Å²) in [5, 5.41) is 11.9. The molecule has 1 atom stereocenters. The van der Waals surface area contributed by atoms with Crippen LogP contribution >= 0.6 is 35.7 Å².